The highest BCUT2D eigenvalue weighted by Gasteiger charge is 2.24. The van der Waals surface area contributed by atoms with Crippen LogP contribution in [0.5, 0.6) is 0 Å². The Morgan fingerprint density at radius 1 is 1.50 bits per heavy atom. The summed E-state index contributed by atoms with van der Waals surface area (Å²) in [7, 11) is 0. The number of nitro benzene ring substituents is 1. The molecule has 1 aromatic rings. The first-order valence-electron chi connectivity index (χ1n) is 5.84. The molecule has 0 spiro atoms. The third-order valence-corrected chi connectivity index (χ3v) is 3.47. The maximum Gasteiger partial charge on any atom is 0.271 e. The van der Waals surface area contributed by atoms with Crippen LogP contribution < -0.4 is 0 Å². The smallest absolute Gasteiger partial charge is 0.271 e. The Morgan fingerprint density at radius 3 is 2.55 bits per heavy atom. The molecular formula is C13H14Cl2N2O3. The Labute approximate surface area is 126 Å². The van der Waals surface area contributed by atoms with Gasteiger partial charge in [-0.05, 0) is 13.8 Å². The van der Waals surface area contributed by atoms with Gasteiger partial charge >= 0.3 is 0 Å². The molecule has 0 saturated heterocycles. The summed E-state index contributed by atoms with van der Waals surface area (Å²) in [5, 5.41) is 10.8. The third kappa shape index (κ3) is 3.49. The van der Waals surface area contributed by atoms with Gasteiger partial charge in [0.15, 0.2) is 0 Å². The number of carbonyl (C=O) groups is 1. The molecule has 20 heavy (non-hydrogen) atoms. The molecule has 0 fully saturated rings. The molecule has 0 heterocycles. The predicted molar refractivity (Wildman–Crippen MR) is 79.5 cm³/mol. The number of hydrogen-bond donors (Lipinski definition) is 0. The number of hydrogen-bond acceptors (Lipinski definition) is 3. The fourth-order valence-corrected chi connectivity index (χ4v) is 2.06. The summed E-state index contributed by atoms with van der Waals surface area (Å²) < 4.78 is 0. The number of halogens is 2. The van der Waals surface area contributed by atoms with Gasteiger partial charge in [0.05, 0.1) is 20.5 Å². The molecule has 0 bridgehead atoms. The summed E-state index contributed by atoms with van der Waals surface area (Å²) in [6, 6.07) is 2.15. The van der Waals surface area contributed by atoms with Crippen molar-refractivity contribution in [3.63, 3.8) is 0 Å². The number of carbonyl (C=O) groups excluding carboxylic acids is 1. The van der Waals surface area contributed by atoms with Crippen molar-refractivity contribution in [2.24, 2.45) is 0 Å². The lowest BCUT2D eigenvalue weighted by atomic mass is 10.1. The van der Waals surface area contributed by atoms with Gasteiger partial charge in [-0.3, -0.25) is 14.9 Å². The average molecular weight is 317 g/mol. The molecule has 0 aromatic heterocycles. The van der Waals surface area contributed by atoms with Crippen LogP contribution in [0.15, 0.2) is 24.8 Å². The number of nitro groups is 1. The van der Waals surface area contributed by atoms with E-state index in [2.05, 4.69) is 6.58 Å². The Morgan fingerprint density at radius 2 is 2.10 bits per heavy atom. The van der Waals surface area contributed by atoms with Crippen molar-refractivity contribution in [3.8, 4) is 0 Å². The maximum atomic E-state index is 12.4. The van der Waals surface area contributed by atoms with Crippen LogP contribution in [0.25, 0.3) is 0 Å². The molecule has 7 heteroatoms. The second kappa shape index (κ2) is 6.72. The van der Waals surface area contributed by atoms with Crippen LogP contribution in [-0.2, 0) is 0 Å². The molecule has 0 radical (unpaired) electrons. The Kier molecular flexibility index (Phi) is 5.53. The first kappa shape index (κ1) is 16.5. The van der Waals surface area contributed by atoms with Gasteiger partial charge in [-0.25, -0.2) is 0 Å². The highest BCUT2D eigenvalue weighted by molar-refractivity contribution is 6.44. The van der Waals surface area contributed by atoms with Gasteiger partial charge in [-0.2, -0.15) is 0 Å². The molecule has 1 rings (SSSR count). The normalized spacial score (nSPS) is 10.4. The number of benzene rings is 1. The highest BCUT2D eigenvalue weighted by Crippen LogP contribution is 2.31. The van der Waals surface area contributed by atoms with E-state index in [0.717, 1.165) is 12.1 Å². The molecule has 0 saturated carbocycles. The molecular weight excluding hydrogens is 303 g/mol. The van der Waals surface area contributed by atoms with E-state index < -0.39 is 10.8 Å². The van der Waals surface area contributed by atoms with Crippen molar-refractivity contribution < 1.29 is 9.72 Å². The second-order valence-corrected chi connectivity index (χ2v) is 5.17. The zero-order valence-corrected chi connectivity index (χ0v) is 12.6. The quantitative estimate of drug-likeness (QED) is 0.469. The van der Waals surface area contributed by atoms with Gasteiger partial charge < -0.3 is 4.90 Å². The van der Waals surface area contributed by atoms with Crippen LogP contribution >= 0.6 is 23.2 Å². The SMILES string of the molecule is C=CCN(C(=O)c1cc([N+](=O)[O-])cc(Cl)c1Cl)C(C)C. The van der Waals surface area contributed by atoms with Crippen molar-refractivity contribution in [1.82, 2.24) is 4.90 Å². The van der Waals surface area contributed by atoms with Crippen molar-refractivity contribution in [1.29, 1.82) is 0 Å². The first-order valence-corrected chi connectivity index (χ1v) is 6.60. The van der Waals surface area contributed by atoms with Crippen LogP contribution in [0.3, 0.4) is 0 Å². The number of amides is 1. The van der Waals surface area contributed by atoms with E-state index >= 15 is 0 Å². The molecule has 5 nitrogen and oxygen atoms in total. The van der Waals surface area contributed by atoms with Crippen molar-refractivity contribution >= 4 is 34.8 Å². The maximum absolute atomic E-state index is 12.4. The standard InChI is InChI=1S/C13H14Cl2N2O3/c1-4-5-16(8(2)3)13(18)10-6-9(17(19)20)7-11(14)12(10)15/h4,6-8H,1,5H2,2-3H3. The number of rotatable bonds is 5. The van der Waals surface area contributed by atoms with E-state index in [0.29, 0.717) is 6.54 Å². The van der Waals surface area contributed by atoms with Crippen LogP contribution in [-0.4, -0.2) is 28.3 Å². The molecule has 0 N–H and O–H groups in total. The summed E-state index contributed by atoms with van der Waals surface area (Å²) in [5.41, 5.74) is -0.258. The van der Waals surface area contributed by atoms with E-state index in [1.54, 1.807) is 6.08 Å². The fraction of sp³-hybridized carbons (Fsp3) is 0.308. The minimum atomic E-state index is -0.619. The van der Waals surface area contributed by atoms with Gasteiger partial charge in [-0.1, -0.05) is 29.3 Å². The van der Waals surface area contributed by atoms with E-state index in [9.17, 15) is 14.9 Å². The van der Waals surface area contributed by atoms with E-state index in [4.69, 9.17) is 23.2 Å². The Bertz CT molecular complexity index is 559. The molecule has 0 unspecified atom stereocenters. The van der Waals surface area contributed by atoms with Gasteiger partial charge in [0.1, 0.15) is 0 Å². The lowest BCUT2D eigenvalue weighted by Gasteiger charge is -2.25. The van der Waals surface area contributed by atoms with E-state index in [-0.39, 0.29) is 27.3 Å². The third-order valence-electron chi connectivity index (χ3n) is 2.66. The molecule has 0 aliphatic carbocycles. The zero-order chi connectivity index (χ0) is 15.4. The lowest BCUT2D eigenvalue weighted by molar-refractivity contribution is -0.384. The first-order chi connectivity index (χ1) is 9.29. The fourth-order valence-electron chi connectivity index (χ4n) is 1.66. The molecule has 1 amide bonds. The highest BCUT2D eigenvalue weighted by atomic mass is 35.5. The van der Waals surface area contributed by atoms with Gasteiger partial charge in [-0.15, -0.1) is 6.58 Å². The summed E-state index contributed by atoms with van der Waals surface area (Å²) >= 11 is 11.8. The molecule has 0 aliphatic heterocycles. The monoisotopic (exact) mass is 316 g/mol. The summed E-state index contributed by atoms with van der Waals surface area (Å²) in [6.07, 6.45) is 1.57. The summed E-state index contributed by atoms with van der Waals surface area (Å²) in [5.74, 6) is -0.421. The minimum absolute atomic E-state index is 0.0111. The zero-order valence-electron chi connectivity index (χ0n) is 11.1. The predicted octanol–water partition coefficient (Wildman–Crippen LogP) is 3.94. The van der Waals surface area contributed by atoms with Gasteiger partial charge in [0.25, 0.3) is 11.6 Å². The Hall–Kier alpha value is -1.59. The van der Waals surface area contributed by atoms with Gasteiger partial charge in [0, 0.05) is 24.7 Å². The van der Waals surface area contributed by atoms with Crippen LogP contribution in [0.1, 0.15) is 24.2 Å². The minimum Gasteiger partial charge on any atom is -0.332 e. The molecule has 0 aliphatic rings. The molecule has 0 atom stereocenters. The van der Waals surface area contributed by atoms with Crippen LogP contribution in [0.2, 0.25) is 10.0 Å². The van der Waals surface area contributed by atoms with Crippen molar-refractivity contribution in [2.45, 2.75) is 19.9 Å². The van der Waals surface area contributed by atoms with Crippen LogP contribution in [0.4, 0.5) is 5.69 Å². The molecule has 1 aromatic carbocycles. The largest absolute Gasteiger partial charge is 0.332 e. The lowest BCUT2D eigenvalue weighted by Crippen LogP contribution is -2.37. The van der Waals surface area contributed by atoms with E-state index in [1.807, 2.05) is 13.8 Å². The van der Waals surface area contributed by atoms with Crippen molar-refractivity contribution in [3.05, 3.63) is 50.5 Å². The summed E-state index contributed by atoms with van der Waals surface area (Å²) in [4.78, 5) is 24.1. The topological polar surface area (TPSA) is 63.5 Å². The second-order valence-electron chi connectivity index (χ2n) is 4.39. The van der Waals surface area contributed by atoms with Crippen molar-refractivity contribution in [2.75, 3.05) is 6.54 Å². The van der Waals surface area contributed by atoms with E-state index in [1.165, 1.54) is 4.90 Å². The average Bonchev–Trinajstić information content (AvgIpc) is 2.37. The molecule has 108 valence electrons. The number of non-ortho nitro benzene ring substituents is 1. The van der Waals surface area contributed by atoms with Crippen LogP contribution in [0, 0.1) is 10.1 Å². The number of nitrogens with zero attached hydrogens (tertiary/aromatic N) is 2. The van der Waals surface area contributed by atoms with Gasteiger partial charge in [0.2, 0.25) is 0 Å². The summed E-state index contributed by atoms with van der Waals surface area (Å²) in [6.45, 7) is 7.55. The Balaban J connectivity index is 3.33.